The molecule has 1 aliphatic rings. The van der Waals surface area contributed by atoms with Gasteiger partial charge in [0, 0.05) is 26.2 Å². The predicted octanol–water partition coefficient (Wildman–Crippen LogP) is 3.64. The minimum Gasteiger partial charge on any atom is -0.366 e. The van der Waals surface area contributed by atoms with Crippen molar-refractivity contribution in [3.05, 3.63) is 58.3 Å². The second kappa shape index (κ2) is 6.88. The Hall–Kier alpha value is -1.34. The van der Waals surface area contributed by atoms with Crippen molar-refractivity contribution in [2.75, 3.05) is 31.1 Å². The molecule has 2 aromatic rings. The summed E-state index contributed by atoms with van der Waals surface area (Å²) in [6, 6.07) is 10.1. The fourth-order valence-corrected chi connectivity index (χ4v) is 4.76. The van der Waals surface area contributed by atoms with E-state index in [2.05, 4.69) is 0 Å². The Kier molecular flexibility index (Phi) is 5.01. The van der Waals surface area contributed by atoms with Gasteiger partial charge in [-0.25, -0.2) is 12.8 Å². The Labute approximate surface area is 150 Å². The summed E-state index contributed by atoms with van der Waals surface area (Å²) in [5, 5.41) is 1.08. The van der Waals surface area contributed by atoms with Gasteiger partial charge < -0.3 is 4.90 Å². The molecular formula is C16H15Cl2FN2O2S. The standard InChI is InChI=1S/C16H15Cl2FN2O2S/c17-14-2-1-3-15(18)16(14)20-8-10-21(11-9-20)24(22,23)13-6-4-12(19)5-7-13/h1-7H,8-11H2. The van der Waals surface area contributed by atoms with Gasteiger partial charge in [0.25, 0.3) is 0 Å². The first-order valence-corrected chi connectivity index (χ1v) is 9.54. The molecule has 0 aliphatic carbocycles. The van der Waals surface area contributed by atoms with Crippen molar-refractivity contribution < 1.29 is 12.8 Å². The number of piperazine rings is 1. The van der Waals surface area contributed by atoms with E-state index in [9.17, 15) is 12.8 Å². The highest BCUT2D eigenvalue weighted by molar-refractivity contribution is 7.89. The molecule has 4 nitrogen and oxygen atoms in total. The molecule has 0 amide bonds. The Morgan fingerprint density at radius 2 is 1.42 bits per heavy atom. The third kappa shape index (κ3) is 3.37. The first-order valence-electron chi connectivity index (χ1n) is 7.34. The van der Waals surface area contributed by atoms with Gasteiger partial charge in [-0.05, 0) is 36.4 Å². The largest absolute Gasteiger partial charge is 0.366 e. The Morgan fingerprint density at radius 3 is 1.96 bits per heavy atom. The average molecular weight is 389 g/mol. The molecule has 0 N–H and O–H groups in total. The van der Waals surface area contributed by atoms with Gasteiger partial charge >= 0.3 is 0 Å². The van der Waals surface area contributed by atoms with Gasteiger partial charge in [-0.15, -0.1) is 0 Å². The van der Waals surface area contributed by atoms with Gasteiger partial charge in [0.1, 0.15) is 5.82 Å². The summed E-state index contributed by atoms with van der Waals surface area (Å²) in [4.78, 5) is 2.06. The maximum atomic E-state index is 13.0. The lowest BCUT2D eigenvalue weighted by molar-refractivity contribution is 0.385. The highest BCUT2D eigenvalue weighted by Gasteiger charge is 2.29. The van der Waals surface area contributed by atoms with Crippen LogP contribution in [0.4, 0.5) is 10.1 Å². The summed E-state index contributed by atoms with van der Waals surface area (Å²) in [6.45, 7) is 1.57. The molecule has 128 valence electrons. The van der Waals surface area contributed by atoms with E-state index in [1.807, 2.05) is 4.90 Å². The molecule has 0 unspecified atom stereocenters. The van der Waals surface area contributed by atoms with Crippen LogP contribution in [0.5, 0.6) is 0 Å². The molecular weight excluding hydrogens is 374 g/mol. The molecule has 0 bridgehead atoms. The minimum absolute atomic E-state index is 0.0909. The normalized spacial score (nSPS) is 16.4. The van der Waals surface area contributed by atoms with Crippen LogP contribution in [0.25, 0.3) is 0 Å². The number of sulfonamides is 1. The molecule has 0 radical (unpaired) electrons. The molecule has 2 aromatic carbocycles. The summed E-state index contributed by atoms with van der Waals surface area (Å²) in [6.07, 6.45) is 0. The summed E-state index contributed by atoms with van der Waals surface area (Å²) in [7, 11) is -3.63. The zero-order chi connectivity index (χ0) is 17.3. The Balaban J connectivity index is 1.76. The van der Waals surface area contributed by atoms with E-state index in [1.54, 1.807) is 18.2 Å². The fraction of sp³-hybridized carbons (Fsp3) is 0.250. The highest BCUT2D eigenvalue weighted by Crippen LogP contribution is 2.34. The number of rotatable bonds is 3. The van der Waals surface area contributed by atoms with E-state index in [-0.39, 0.29) is 4.90 Å². The molecule has 1 fully saturated rings. The van der Waals surface area contributed by atoms with E-state index >= 15 is 0 Å². The van der Waals surface area contributed by atoms with Gasteiger partial charge in [-0.2, -0.15) is 4.31 Å². The van der Waals surface area contributed by atoms with Crippen molar-refractivity contribution in [2.45, 2.75) is 4.90 Å². The smallest absolute Gasteiger partial charge is 0.243 e. The van der Waals surface area contributed by atoms with Gasteiger partial charge in [0.05, 0.1) is 20.6 Å². The fourth-order valence-electron chi connectivity index (χ4n) is 2.70. The number of hydrogen-bond acceptors (Lipinski definition) is 3. The molecule has 3 rings (SSSR count). The van der Waals surface area contributed by atoms with Crippen molar-refractivity contribution in [3.8, 4) is 0 Å². The zero-order valence-corrected chi connectivity index (χ0v) is 15.0. The third-order valence-electron chi connectivity index (χ3n) is 3.94. The molecule has 24 heavy (non-hydrogen) atoms. The van der Waals surface area contributed by atoms with Crippen LogP contribution < -0.4 is 4.90 Å². The average Bonchev–Trinajstić information content (AvgIpc) is 2.55. The van der Waals surface area contributed by atoms with Crippen LogP contribution in [0.3, 0.4) is 0 Å². The Morgan fingerprint density at radius 1 is 0.875 bits per heavy atom. The molecule has 1 heterocycles. The number of para-hydroxylation sites is 1. The van der Waals surface area contributed by atoms with Crippen LogP contribution in [-0.4, -0.2) is 38.9 Å². The van der Waals surface area contributed by atoms with Crippen molar-refractivity contribution in [3.63, 3.8) is 0 Å². The Bertz CT molecular complexity index is 815. The highest BCUT2D eigenvalue weighted by atomic mass is 35.5. The van der Waals surface area contributed by atoms with E-state index in [0.29, 0.717) is 36.2 Å². The van der Waals surface area contributed by atoms with Crippen molar-refractivity contribution in [1.29, 1.82) is 0 Å². The van der Waals surface area contributed by atoms with E-state index in [0.717, 1.165) is 17.8 Å². The summed E-state index contributed by atoms with van der Waals surface area (Å²) < 4.78 is 39.6. The van der Waals surface area contributed by atoms with E-state index in [4.69, 9.17) is 23.2 Å². The quantitative estimate of drug-likeness (QED) is 0.805. The molecule has 0 spiro atoms. The van der Waals surface area contributed by atoms with Gasteiger partial charge in [-0.1, -0.05) is 29.3 Å². The van der Waals surface area contributed by atoms with Crippen LogP contribution >= 0.6 is 23.2 Å². The first-order chi connectivity index (χ1) is 11.4. The molecule has 1 saturated heterocycles. The van der Waals surface area contributed by atoms with Gasteiger partial charge in [-0.3, -0.25) is 0 Å². The maximum absolute atomic E-state index is 13.0. The summed E-state index contributed by atoms with van der Waals surface area (Å²) >= 11 is 12.4. The monoisotopic (exact) mass is 388 g/mol. The van der Waals surface area contributed by atoms with E-state index in [1.165, 1.54) is 16.4 Å². The second-order valence-corrected chi connectivity index (χ2v) is 8.17. The number of anilines is 1. The van der Waals surface area contributed by atoms with Gasteiger partial charge in [0.2, 0.25) is 10.0 Å². The lowest BCUT2D eigenvalue weighted by atomic mass is 10.2. The molecule has 0 saturated carbocycles. The maximum Gasteiger partial charge on any atom is 0.243 e. The summed E-state index contributed by atoms with van der Waals surface area (Å²) in [5.41, 5.74) is 0.722. The van der Waals surface area contributed by atoms with Crippen LogP contribution in [0, 0.1) is 5.82 Å². The number of halogens is 3. The SMILES string of the molecule is O=S(=O)(c1ccc(F)cc1)N1CCN(c2c(Cl)cccc2Cl)CC1. The van der Waals surface area contributed by atoms with Crippen LogP contribution in [0.2, 0.25) is 10.0 Å². The topological polar surface area (TPSA) is 40.6 Å². The lowest BCUT2D eigenvalue weighted by Crippen LogP contribution is -2.48. The van der Waals surface area contributed by atoms with Crippen molar-refractivity contribution >= 4 is 38.9 Å². The minimum atomic E-state index is -3.63. The summed E-state index contributed by atoms with van der Waals surface area (Å²) in [5.74, 6) is -0.466. The predicted molar refractivity (Wildman–Crippen MR) is 93.8 cm³/mol. The van der Waals surface area contributed by atoms with Gasteiger partial charge in [0.15, 0.2) is 0 Å². The molecule has 8 heteroatoms. The van der Waals surface area contributed by atoms with Crippen molar-refractivity contribution in [1.82, 2.24) is 4.31 Å². The second-order valence-electron chi connectivity index (χ2n) is 5.42. The molecule has 1 aliphatic heterocycles. The number of benzene rings is 2. The van der Waals surface area contributed by atoms with Crippen LogP contribution in [0.15, 0.2) is 47.4 Å². The van der Waals surface area contributed by atoms with E-state index < -0.39 is 15.8 Å². The molecule has 0 atom stereocenters. The zero-order valence-electron chi connectivity index (χ0n) is 12.6. The number of nitrogens with zero attached hydrogens (tertiary/aromatic N) is 2. The lowest BCUT2D eigenvalue weighted by Gasteiger charge is -2.36. The first kappa shape index (κ1) is 17.5. The molecule has 0 aromatic heterocycles. The van der Waals surface area contributed by atoms with Crippen molar-refractivity contribution in [2.24, 2.45) is 0 Å². The third-order valence-corrected chi connectivity index (χ3v) is 6.47. The number of hydrogen-bond donors (Lipinski definition) is 0. The van der Waals surface area contributed by atoms with Crippen LogP contribution in [-0.2, 0) is 10.0 Å². The van der Waals surface area contributed by atoms with Crippen LogP contribution in [0.1, 0.15) is 0 Å².